The molecule has 2 aromatic carbocycles. The summed E-state index contributed by atoms with van der Waals surface area (Å²) in [7, 11) is 0. The fourth-order valence-electron chi connectivity index (χ4n) is 5.52. The average Bonchev–Trinajstić information content (AvgIpc) is 3.61. The Kier molecular flexibility index (Phi) is 9.01. The van der Waals surface area contributed by atoms with Crippen molar-refractivity contribution < 1.29 is 23.3 Å². The Bertz CT molecular complexity index is 910. The SMILES string of the molecule is Cc1[c-]c2c(cc1)-c1ccc(C)cc1C2.[C-]1=CC=CC1.[Zr+2]=[Si](C1CCCC1)C1CCCC1. The van der Waals surface area contributed by atoms with Gasteiger partial charge in [0.05, 0.1) is 0 Å². The average molecular weight is 516 g/mol. The number of fused-ring (bicyclic) bond motifs is 3. The van der Waals surface area contributed by atoms with Gasteiger partial charge in [0.2, 0.25) is 0 Å². The van der Waals surface area contributed by atoms with E-state index in [-0.39, 0.29) is 5.43 Å². The van der Waals surface area contributed by atoms with Crippen molar-refractivity contribution in [3.8, 4) is 11.1 Å². The van der Waals surface area contributed by atoms with Crippen LogP contribution in [-0.4, -0.2) is 5.43 Å². The van der Waals surface area contributed by atoms with E-state index in [2.05, 4.69) is 62.4 Å². The summed E-state index contributed by atoms with van der Waals surface area (Å²) in [4.78, 5) is 0. The van der Waals surface area contributed by atoms with Crippen molar-refractivity contribution >= 4 is 5.43 Å². The predicted molar refractivity (Wildman–Crippen MR) is 135 cm³/mol. The Balaban J connectivity index is 0.000000128. The van der Waals surface area contributed by atoms with Gasteiger partial charge in [-0.15, -0.1) is 17.5 Å². The van der Waals surface area contributed by atoms with E-state index in [4.69, 9.17) is 0 Å². The van der Waals surface area contributed by atoms with E-state index < -0.39 is 0 Å². The van der Waals surface area contributed by atoms with Crippen LogP contribution in [0.25, 0.3) is 11.1 Å². The summed E-state index contributed by atoms with van der Waals surface area (Å²) < 4.78 is 0. The summed E-state index contributed by atoms with van der Waals surface area (Å²) in [5.41, 5.74) is 10.8. The van der Waals surface area contributed by atoms with Gasteiger partial charge in [0.1, 0.15) is 0 Å². The van der Waals surface area contributed by atoms with Gasteiger partial charge >= 0.3 is 91.2 Å². The third-order valence-electron chi connectivity index (χ3n) is 7.27. The van der Waals surface area contributed by atoms with Gasteiger partial charge in [0, 0.05) is 0 Å². The number of hydrogen-bond donors (Lipinski definition) is 0. The fourth-order valence-corrected chi connectivity index (χ4v) is 12.5. The summed E-state index contributed by atoms with van der Waals surface area (Å²) in [6, 6.07) is 14.5. The molecule has 0 nitrogen and oxygen atoms in total. The van der Waals surface area contributed by atoms with Crippen LogP contribution in [0.4, 0.5) is 0 Å². The second-order valence-electron chi connectivity index (χ2n) is 9.79. The fraction of sp³-hybridized carbons (Fsp3) is 0.467. The summed E-state index contributed by atoms with van der Waals surface area (Å²) in [6.07, 6.45) is 23.7. The molecule has 0 aliphatic heterocycles. The van der Waals surface area contributed by atoms with Crippen molar-refractivity contribution in [2.75, 3.05) is 0 Å². The zero-order chi connectivity index (χ0) is 22.3. The second-order valence-corrected chi connectivity index (χ2v) is 16.6. The molecule has 0 heterocycles. The Labute approximate surface area is 211 Å². The van der Waals surface area contributed by atoms with E-state index in [1.807, 2.05) is 35.5 Å². The standard InChI is InChI=1S/C15H13.C10H18Si.C5H5.Zr/c1-10-3-5-14-12(7-10)9-13-8-11(2)4-6-15(13)14;1-2-6-9(5-1)11-10-7-3-4-8-10;1-2-4-5-3-1;/h3-7H,9H2,1-2H3;9-10H,1-8H2;1-3H,4H2;/q-1;;-1;+2. The molecule has 0 saturated heterocycles. The van der Waals surface area contributed by atoms with Gasteiger partial charge in [-0.05, 0) is 18.9 Å². The molecule has 2 heteroatoms. The molecule has 0 radical (unpaired) electrons. The van der Waals surface area contributed by atoms with Crippen LogP contribution in [0.3, 0.4) is 0 Å². The maximum atomic E-state index is 3.45. The molecule has 0 N–H and O–H groups in total. The Hall–Kier alpha value is -0.980. The molecule has 0 aromatic heterocycles. The van der Waals surface area contributed by atoms with Gasteiger partial charge in [-0.1, -0.05) is 36.2 Å². The van der Waals surface area contributed by atoms with Gasteiger partial charge in [-0.25, -0.2) is 12.2 Å². The molecular formula is C30H36SiZr. The summed E-state index contributed by atoms with van der Waals surface area (Å²) in [6.45, 7) is 4.26. The van der Waals surface area contributed by atoms with Gasteiger partial charge < -0.3 is 0 Å². The van der Waals surface area contributed by atoms with E-state index >= 15 is 0 Å². The maximum absolute atomic E-state index is 3.45. The van der Waals surface area contributed by atoms with Crippen LogP contribution in [0, 0.1) is 26.0 Å². The van der Waals surface area contributed by atoms with Crippen LogP contribution >= 0.6 is 0 Å². The van der Waals surface area contributed by atoms with Crippen LogP contribution < -0.4 is 0 Å². The van der Waals surface area contributed by atoms with Crippen LogP contribution in [0.2, 0.25) is 11.1 Å². The number of rotatable bonds is 2. The molecule has 32 heavy (non-hydrogen) atoms. The number of allylic oxidation sites excluding steroid dienone is 4. The van der Waals surface area contributed by atoms with E-state index in [1.165, 1.54) is 44.5 Å². The minimum absolute atomic E-state index is 0.145. The Morgan fingerprint density at radius 1 is 0.875 bits per heavy atom. The van der Waals surface area contributed by atoms with Crippen molar-refractivity contribution in [1.29, 1.82) is 0 Å². The van der Waals surface area contributed by atoms with Gasteiger partial charge in [0.15, 0.2) is 0 Å². The second kappa shape index (κ2) is 11.9. The van der Waals surface area contributed by atoms with Crippen molar-refractivity contribution in [2.24, 2.45) is 0 Å². The molecule has 0 unspecified atom stereocenters. The van der Waals surface area contributed by atoms with E-state index in [9.17, 15) is 0 Å². The quantitative estimate of drug-likeness (QED) is 0.237. The molecule has 0 amide bonds. The molecule has 0 bridgehead atoms. The van der Waals surface area contributed by atoms with Crippen molar-refractivity contribution in [1.82, 2.24) is 0 Å². The molecule has 6 rings (SSSR count). The zero-order valence-corrected chi connectivity index (χ0v) is 23.3. The van der Waals surface area contributed by atoms with Crippen LogP contribution in [-0.2, 0) is 29.8 Å². The molecule has 0 atom stereocenters. The summed E-state index contributed by atoms with van der Waals surface area (Å²) in [5.74, 6) is 0. The number of benzene rings is 2. The predicted octanol–water partition coefficient (Wildman–Crippen LogP) is 8.39. The van der Waals surface area contributed by atoms with Crippen LogP contribution in [0.5, 0.6) is 0 Å². The first-order valence-electron chi connectivity index (χ1n) is 12.5. The van der Waals surface area contributed by atoms with Gasteiger partial charge in [-0.3, -0.25) is 6.08 Å². The number of aryl methyl sites for hydroxylation is 2. The zero-order valence-electron chi connectivity index (χ0n) is 19.8. The van der Waals surface area contributed by atoms with E-state index in [0.29, 0.717) is 0 Å². The molecule has 2 aromatic rings. The minimum atomic E-state index is 0.145. The first kappa shape index (κ1) is 24.2. The Morgan fingerprint density at radius 3 is 2.09 bits per heavy atom. The summed E-state index contributed by atoms with van der Waals surface area (Å²) >= 11 is 1.94. The molecule has 2 fully saturated rings. The van der Waals surface area contributed by atoms with Crippen LogP contribution in [0.15, 0.2) is 48.6 Å². The van der Waals surface area contributed by atoms with Crippen molar-refractivity contribution in [3.63, 3.8) is 0 Å². The third kappa shape index (κ3) is 6.32. The molecule has 0 spiro atoms. The Morgan fingerprint density at radius 2 is 1.53 bits per heavy atom. The first-order chi connectivity index (χ1) is 15.6. The monoisotopic (exact) mass is 514 g/mol. The van der Waals surface area contributed by atoms with Gasteiger partial charge in [-0.2, -0.15) is 29.8 Å². The summed E-state index contributed by atoms with van der Waals surface area (Å²) in [5, 5.41) is 0. The molecule has 164 valence electrons. The van der Waals surface area contributed by atoms with E-state index in [0.717, 1.165) is 12.8 Å². The third-order valence-corrected chi connectivity index (χ3v) is 16.2. The van der Waals surface area contributed by atoms with Crippen molar-refractivity contribution in [2.45, 2.75) is 89.1 Å². The molecular weight excluding hydrogens is 480 g/mol. The van der Waals surface area contributed by atoms with Gasteiger partial charge in [0.25, 0.3) is 0 Å². The van der Waals surface area contributed by atoms with Crippen LogP contribution in [0.1, 0.15) is 80.0 Å². The number of hydrogen-bond acceptors (Lipinski definition) is 0. The van der Waals surface area contributed by atoms with Crippen molar-refractivity contribution in [3.05, 3.63) is 83.0 Å². The molecule has 4 aliphatic rings. The van der Waals surface area contributed by atoms with E-state index in [1.54, 1.807) is 51.4 Å². The molecule has 2 saturated carbocycles. The first-order valence-corrected chi connectivity index (χ1v) is 17.9. The normalized spacial score (nSPS) is 18.6. The topological polar surface area (TPSA) is 0 Å². The molecule has 4 aliphatic carbocycles.